The summed E-state index contributed by atoms with van der Waals surface area (Å²) in [7, 11) is 0. The molecule has 178 valence electrons. The van der Waals surface area contributed by atoms with Gasteiger partial charge in [0.2, 0.25) is 0 Å². The minimum absolute atomic E-state index is 0. The molecule has 2 N–H and O–H groups in total. The molecule has 1 aromatic heterocycles. The molecule has 1 aromatic carbocycles. The third-order valence-corrected chi connectivity index (χ3v) is 4.59. The lowest BCUT2D eigenvalue weighted by molar-refractivity contribution is 0.108. The zero-order chi connectivity index (χ0) is 21.7. The quantitative estimate of drug-likeness (QED) is 0.187. The molecular formula is C23H36IN5O3. The summed E-state index contributed by atoms with van der Waals surface area (Å²) >= 11 is 0. The maximum Gasteiger partial charge on any atom is 0.195 e. The normalized spacial score (nSPS) is 13.4. The van der Waals surface area contributed by atoms with Gasteiger partial charge in [0.05, 0.1) is 13.2 Å². The number of anilines is 1. The summed E-state index contributed by atoms with van der Waals surface area (Å²) in [5.41, 5.74) is 0.915. The van der Waals surface area contributed by atoms with Crippen molar-refractivity contribution in [2.24, 2.45) is 10.9 Å². The second-order valence-electron chi connectivity index (χ2n) is 7.94. The maximum absolute atomic E-state index is 5.80. The van der Waals surface area contributed by atoms with Crippen molar-refractivity contribution in [2.45, 2.75) is 39.7 Å². The van der Waals surface area contributed by atoms with Crippen molar-refractivity contribution in [1.29, 1.82) is 0 Å². The number of nitrogens with one attached hydrogen (secondary N) is 2. The molecule has 1 aliphatic heterocycles. The fraction of sp³-hybridized carbons (Fsp3) is 0.565. The van der Waals surface area contributed by atoms with Crippen molar-refractivity contribution >= 4 is 35.6 Å². The highest BCUT2D eigenvalue weighted by Crippen LogP contribution is 2.32. The van der Waals surface area contributed by atoms with E-state index in [-0.39, 0.29) is 24.0 Å². The molecule has 0 unspecified atom stereocenters. The Kier molecular flexibility index (Phi) is 12.3. The lowest BCUT2D eigenvalue weighted by Gasteiger charge is -2.15. The number of fused-ring (bicyclic) bond motifs is 1. The van der Waals surface area contributed by atoms with E-state index in [1.54, 1.807) is 6.20 Å². The third kappa shape index (κ3) is 9.64. The van der Waals surface area contributed by atoms with Crippen LogP contribution in [0.5, 0.6) is 11.5 Å². The highest BCUT2D eigenvalue weighted by atomic mass is 127. The Morgan fingerprint density at radius 1 is 1.22 bits per heavy atom. The van der Waals surface area contributed by atoms with Crippen LogP contribution in [0.3, 0.4) is 0 Å². The van der Waals surface area contributed by atoms with Crippen LogP contribution < -0.4 is 20.1 Å². The molecule has 0 amide bonds. The van der Waals surface area contributed by atoms with Gasteiger partial charge in [-0.15, -0.1) is 24.0 Å². The van der Waals surface area contributed by atoms with Crippen molar-refractivity contribution in [3.05, 3.63) is 36.7 Å². The first-order valence-electron chi connectivity index (χ1n) is 11.2. The summed E-state index contributed by atoms with van der Waals surface area (Å²) in [5.74, 6) is 2.86. The minimum atomic E-state index is 0. The highest BCUT2D eigenvalue weighted by molar-refractivity contribution is 14.0. The molecular weight excluding hydrogens is 521 g/mol. The van der Waals surface area contributed by atoms with E-state index in [1.807, 2.05) is 35.1 Å². The number of aliphatic imine (C=N–C) groups is 1. The number of halogens is 1. The average Bonchev–Trinajstić information content (AvgIpc) is 3.17. The first kappa shape index (κ1) is 26.2. The summed E-state index contributed by atoms with van der Waals surface area (Å²) in [4.78, 5) is 4.74. The number of hydrogen-bond acceptors (Lipinski definition) is 5. The summed E-state index contributed by atoms with van der Waals surface area (Å²) in [6.45, 7) is 9.53. The van der Waals surface area contributed by atoms with Crippen LogP contribution in [-0.2, 0) is 11.3 Å². The van der Waals surface area contributed by atoms with E-state index in [4.69, 9.17) is 19.2 Å². The van der Waals surface area contributed by atoms with Gasteiger partial charge in [0, 0.05) is 63.4 Å². The van der Waals surface area contributed by atoms with Crippen molar-refractivity contribution in [2.75, 3.05) is 44.8 Å². The molecule has 0 saturated carbocycles. The van der Waals surface area contributed by atoms with Gasteiger partial charge in [0.1, 0.15) is 0 Å². The fourth-order valence-electron chi connectivity index (χ4n) is 3.07. The van der Waals surface area contributed by atoms with Crippen molar-refractivity contribution in [3.8, 4) is 11.5 Å². The Bertz CT molecular complexity index is 799. The number of aryl methyl sites for hydroxylation is 1. The van der Waals surface area contributed by atoms with Gasteiger partial charge in [0.15, 0.2) is 17.5 Å². The van der Waals surface area contributed by atoms with Crippen LogP contribution in [0.25, 0.3) is 0 Å². The monoisotopic (exact) mass is 557 g/mol. The van der Waals surface area contributed by atoms with E-state index in [1.165, 1.54) is 0 Å². The largest absolute Gasteiger partial charge is 0.490 e. The number of guanidine groups is 1. The van der Waals surface area contributed by atoms with E-state index in [2.05, 4.69) is 29.6 Å². The van der Waals surface area contributed by atoms with Crippen molar-refractivity contribution < 1.29 is 14.2 Å². The molecule has 0 saturated heterocycles. The number of aromatic nitrogens is 2. The van der Waals surface area contributed by atoms with E-state index in [9.17, 15) is 0 Å². The van der Waals surface area contributed by atoms with Crippen LogP contribution in [0.1, 0.15) is 33.1 Å². The number of ether oxygens (including phenoxy) is 3. The zero-order valence-corrected chi connectivity index (χ0v) is 21.4. The van der Waals surface area contributed by atoms with Crippen LogP contribution >= 0.6 is 24.0 Å². The van der Waals surface area contributed by atoms with E-state index < -0.39 is 0 Å². The van der Waals surface area contributed by atoms with Gasteiger partial charge in [-0.25, -0.2) is 0 Å². The maximum atomic E-state index is 5.80. The SMILES string of the molecule is CC(C)COCCCNC(=NCCCn1cccn1)Nc1ccc2c(c1)OCCCO2.I. The topological polar surface area (TPSA) is 81.9 Å². The van der Waals surface area contributed by atoms with Crippen LogP contribution in [0.4, 0.5) is 5.69 Å². The molecule has 0 atom stereocenters. The predicted molar refractivity (Wildman–Crippen MR) is 139 cm³/mol. The molecule has 0 radical (unpaired) electrons. The number of hydrogen-bond donors (Lipinski definition) is 2. The Morgan fingerprint density at radius 2 is 2.06 bits per heavy atom. The fourth-order valence-corrected chi connectivity index (χ4v) is 3.07. The van der Waals surface area contributed by atoms with Crippen LogP contribution in [-0.4, -0.2) is 55.3 Å². The smallest absolute Gasteiger partial charge is 0.195 e. The van der Waals surface area contributed by atoms with E-state index in [0.717, 1.165) is 68.7 Å². The molecule has 0 spiro atoms. The van der Waals surface area contributed by atoms with Crippen LogP contribution in [0.15, 0.2) is 41.7 Å². The second kappa shape index (κ2) is 14.9. The molecule has 32 heavy (non-hydrogen) atoms. The molecule has 1 aliphatic rings. The minimum Gasteiger partial charge on any atom is -0.490 e. The highest BCUT2D eigenvalue weighted by Gasteiger charge is 2.11. The standard InChI is InChI=1S/C23H35N5O3.HI/c1-19(2)18-29-14-5-10-25-23(24-9-3-12-28-13-4-11-26-28)27-20-7-8-21-22(17-20)31-16-6-15-30-21;/h4,7-8,11,13,17,19H,3,5-6,9-10,12,14-16,18H2,1-2H3,(H2,24,25,27);1H. The average molecular weight is 557 g/mol. The van der Waals surface area contributed by atoms with Crippen LogP contribution in [0, 0.1) is 5.92 Å². The molecule has 8 nitrogen and oxygen atoms in total. The molecule has 2 aromatic rings. The Labute approximate surface area is 208 Å². The Morgan fingerprint density at radius 3 is 2.84 bits per heavy atom. The van der Waals surface area contributed by atoms with Gasteiger partial charge < -0.3 is 24.8 Å². The van der Waals surface area contributed by atoms with Gasteiger partial charge >= 0.3 is 0 Å². The number of benzene rings is 1. The summed E-state index contributed by atoms with van der Waals surface area (Å²) < 4.78 is 19.1. The molecule has 0 bridgehead atoms. The van der Waals surface area contributed by atoms with E-state index in [0.29, 0.717) is 25.7 Å². The Hall–Kier alpha value is -2.01. The molecule has 3 rings (SSSR count). The summed E-state index contributed by atoms with van der Waals surface area (Å²) in [5, 5.41) is 11.0. The molecule has 0 aliphatic carbocycles. The van der Waals surface area contributed by atoms with Gasteiger partial charge in [-0.2, -0.15) is 5.10 Å². The lowest BCUT2D eigenvalue weighted by atomic mass is 10.2. The molecule has 9 heteroatoms. The van der Waals surface area contributed by atoms with E-state index >= 15 is 0 Å². The molecule has 0 fully saturated rings. The second-order valence-corrected chi connectivity index (χ2v) is 7.94. The van der Waals surface area contributed by atoms with Gasteiger partial charge in [-0.1, -0.05) is 13.8 Å². The number of rotatable bonds is 11. The Balaban J connectivity index is 0.00000363. The van der Waals surface area contributed by atoms with Gasteiger partial charge in [-0.3, -0.25) is 9.67 Å². The third-order valence-electron chi connectivity index (χ3n) is 4.59. The first-order chi connectivity index (χ1) is 15.2. The van der Waals surface area contributed by atoms with Crippen molar-refractivity contribution in [1.82, 2.24) is 15.1 Å². The summed E-state index contributed by atoms with van der Waals surface area (Å²) in [6.07, 6.45) is 6.48. The van der Waals surface area contributed by atoms with Crippen molar-refractivity contribution in [3.63, 3.8) is 0 Å². The summed E-state index contributed by atoms with van der Waals surface area (Å²) in [6, 6.07) is 7.83. The first-order valence-corrected chi connectivity index (χ1v) is 11.2. The predicted octanol–water partition coefficient (Wildman–Crippen LogP) is 4.17. The number of nitrogens with zero attached hydrogens (tertiary/aromatic N) is 3. The van der Waals surface area contributed by atoms with Gasteiger partial charge in [-0.05, 0) is 37.0 Å². The molecule has 2 heterocycles. The van der Waals surface area contributed by atoms with Crippen LogP contribution in [0.2, 0.25) is 0 Å². The zero-order valence-electron chi connectivity index (χ0n) is 19.1. The van der Waals surface area contributed by atoms with Gasteiger partial charge in [0.25, 0.3) is 0 Å². The lowest BCUT2D eigenvalue weighted by Crippen LogP contribution is -2.32.